The van der Waals surface area contributed by atoms with Gasteiger partial charge in [-0.3, -0.25) is 0 Å². The summed E-state index contributed by atoms with van der Waals surface area (Å²) in [6.45, 7) is 6.90. The number of carboxylic acids is 1. The van der Waals surface area contributed by atoms with Crippen molar-refractivity contribution in [1.82, 2.24) is 4.57 Å². The van der Waals surface area contributed by atoms with Crippen molar-refractivity contribution in [2.45, 2.75) is 46.1 Å². The summed E-state index contributed by atoms with van der Waals surface area (Å²) in [6, 6.07) is 6.23. The molecular formula is C20H26N2O2. The Balaban J connectivity index is 2.26. The van der Waals surface area contributed by atoms with Crippen molar-refractivity contribution in [3.05, 3.63) is 41.7 Å². The van der Waals surface area contributed by atoms with Crippen LogP contribution in [0.25, 0.3) is 6.08 Å². The van der Waals surface area contributed by atoms with Crippen molar-refractivity contribution in [3.8, 4) is 6.07 Å². The van der Waals surface area contributed by atoms with Crippen molar-refractivity contribution in [2.24, 2.45) is 17.8 Å². The van der Waals surface area contributed by atoms with Gasteiger partial charge in [-0.1, -0.05) is 33.3 Å². The van der Waals surface area contributed by atoms with Gasteiger partial charge in [-0.15, -0.1) is 0 Å². The molecule has 3 atom stereocenters. The van der Waals surface area contributed by atoms with Crippen LogP contribution in [0.2, 0.25) is 0 Å². The first-order valence-corrected chi connectivity index (χ1v) is 8.62. The number of nitriles is 1. The van der Waals surface area contributed by atoms with E-state index in [2.05, 4.69) is 31.5 Å². The van der Waals surface area contributed by atoms with Crippen molar-refractivity contribution in [3.63, 3.8) is 0 Å². The molecule has 2 rings (SSSR count). The summed E-state index contributed by atoms with van der Waals surface area (Å²) in [6.07, 6.45) is 10.7. The topological polar surface area (TPSA) is 66.0 Å². The number of nitrogens with zero attached hydrogens (tertiary/aromatic N) is 2. The number of carbonyl (C=O) groups is 1. The van der Waals surface area contributed by atoms with Crippen LogP contribution in [0.4, 0.5) is 0 Å². The maximum absolute atomic E-state index is 10.9. The summed E-state index contributed by atoms with van der Waals surface area (Å²) >= 11 is 0. The number of rotatable bonds is 5. The second-order valence-corrected chi connectivity index (χ2v) is 7.09. The lowest BCUT2D eigenvalue weighted by Crippen LogP contribution is -2.30. The van der Waals surface area contributed by atoms with Crippen molar-refractivity contribution in [1.29, 1.82) is 5.26 Å². The van der Waals surface area contributed by atoms with E-state index in [0.29, 0.717) is 17.9 Å². The Morgan fingerprint density at radius 3 is 2.83 bits per heavy atom. The van der Waals surface area contributed by atoms with Gasteiger partial charge in [-0.05, 0) is 54.9 Å². The van der Waals surface area contributed by atoms with Crippen LogP contribution in [0, 0.1) is 29.1 Å². The number of carboxylic acid groups (broad SMARTS) is 1. The number of allylic oxidation sites excluding steroid dienone is 2. The zero-order valence-corrected chi connectivity index (χ0v) is 14.6. The molecule has 0 aliphatic heterocycles. The zero-order chi connectivity index (χ0) is 17.7. The molecule has 1 N–H and O–H groups in total. The van der Waals surface area contributed by atoms with Gasteiger partial charge in [0.1, 0.15) is 11.6 Å². The van der Waals surface area contributed by atoms with Gasteiger partial charge in [0, 0.05) is 17.9 Å². The second-order valence-electron chi connectivity index (χ2n) is 7.09. The Bertz CT molecular complexity index is 676. The van der Waals surface area contributed by atoms with Crippen LogP contribution < -0.4 is 0 Å². The predicted octanol–water partition coefficient (Wildman–Crippen LogP) is 4.67. The van der Waals surface area contributed by atoms with Crippen LogP contribution in [0.15, 0.2) is 36.1 Å². The maximum atomic E-state index is 10.9. The summed E-state index contributed by atoms with van der Waals surface area (Å²) in [4.78, 5) is 10.9. The summed E-state index contributed by atoms with van der Waals surface area (Å²) in [5.74, 6) is 0.823. The molecule has 1 heterocycles. The molecule has 1 fully saturated rings. The molecule has 0 spiro atoms. The summed E-state index contributed by atoms with van der Waals surface area (Å²) in [5, 5.41) is 17.7. The van der Waals surface area contributed by atoms with Crippen LogP contribution in [0.5, 0.6) is 0 Å². The highest BCUT2D eigenvalue weighted by Crippen LogP contribution is 2.41. The molecule has 1 saturated carbocycles. The van der Waals surface area contributed by atoms with Gasteiger partial charge in [0.15, 0.2) is 0 Å². The molecule has 0 aromatic carbocycles. The fourth-order valence-corrected chi connectivity index (χ4v) is 3.72. The van der Waals surface area contributed by atoms with Crippen molar-refractivity contribution < 1.29 is 9.90 Å². The lowest BCUT2D eigenvalue weighted by atomic mass is 9.74. The highest BCUT2D eigenvalue weighted by molar-refractivity contribution is 5.91. The third kappa shape index (κ3) is 4.17. The van der Waals surface area contributed by atoms with Gasteiger partial charge in [0.05, 0.1) is 0 Å². The van der Waals surface area contributed by atoms with Gasteiger partial charge in [0.25, 0.3) is 0 Å². The summed E-state index contributed by atoms with van der Waals surface area (Å²) in [7, 11) is 0. The minimum atomic E-state index is -1.20. The Hall–Kier alpha value is -2.28. The molecule has 1 aromatic heterocycles. The minimum Gasteiger partial charge on any atom is -0.477 e. The van der Waals surface area contributed by atoms with E-state index in [-0.39, 0.29) is 5.57 Å². The second kappa shape index (κ2) is 8.01. The number of aliphatic carboxylic acids is 1. The Labute approximate surface area is 144 Å². The molecule has 3 unspecified atom stereocenters. The smallest absolute Gasteiger partial charge is 0.346 e. The molecule has 1 aliphatic rings. The lowest BCUT2D eigenvalue weighted by Gasteiger charge is -2.39. The lowest BCUT2D eigenvalue weighted by molar-refractivity contribution is -0.132. The normalized spacial score (nSPS) is 25.1. The first-order valence-electron chi connectivity index (χ1n) is 8.62. The van der Waals surface area contributed by atoms with Crippen LogP contribution in [0.1, 0.15) is 51.8 Å². The first-order chi connectivity index (χ1) is 11.4. The quantitative estimate of drug-likeness (QED) is 0.486. The van der Waals surface area contributed by atoms with Crippen molar-refractivity contribution in [2.75, 3.05) is 0 Å². The predicted molar refractivity (Wildman–Crippen MR) is 95.2 cm³/mol. The van der Waals surface area contributed by atoms with Gasteiger partial charge < -0.3 is 9.67 Å². The molecule has 1 aliphatic carbocycles. The van der Waals surface area contributed by atoms with Crippen LogP contribution in [0.3, 0.4) is 0 Å². The molecule has 0 bridgehead atoms. The van der Waals surface area contributed by atoms with E-state index in [1.165, 1.54) is 25.3 Å². The fourth-order valence-electron chi connectivity index (χ4n) is 3.72. The van der Waals surface area contributed by atoms with Gasteiger partial charge >= 0.3 is 5.97 Å². The highest BCUT2D eigenvalue weighted by atomic mass is 16.4. The average molecular weight is 326 g/mol. The molecular weight excluding hydrogens is 300 g/mol. The molecule has 0 amide bonds. The van der Waals surface area contributed by atoms with E-state index in [0.717, 1.165) is 11.6 Å². The van der Waals surface area contributed by atoms with E-state index >= 15 is 0 Å². The molecule has 1 aromatic rings. The summed E-state index contributed by atoms with van der Waals surface area (Å²) in [5.41, 5.74) is 0.800. The molecule has 4 heteroatoms. The standard InChI is InChI=1S/C20H26N2O2/c1-14(2)18-10-9-15(3)12-19(18)22-11-5-8-17(22)7-4-6-16(13-21)20(23)24/h4-8,11,14-15,18-19H,9-10,12H2,1-3H3,(H,23,24)/b7-4+,16-6+. The van der Waals surface area contributed by atoms with Gasteiger partial charge in [-0.25, -0.2) is 4.79 Å². The number of hydrogen-bond donors (Lipinski definition) is 1. The van der Waals surface area contributed by atoms with Crippen molar-refractivity contribution >= 4 is 12.0 Å². The third-order valence-electron chi connectivity index (χ3n) is 5.04. The molecule has 4 nitrogen and oxygen atoms in total. The Kier molecular flexibility index (Phi) is 6.03. The average Bonchev–Trinajstić information content (AvgIpc) is 2.99. The van der Waals surface area contributed by atoms with Crippen LogP contribution in [-0.4, -0.2) is 15.6 Å². The molecule has 24 heavy (non-hydrogen) atoms. The Morgan fingerprint density at radius 2 is 2.21 bits per heavy atom. The van der Waals surface area contributed by atoms with E-state index in [4.69, 9.17) is 10.4 Å². The van der Waals surface area contributed by atoms with E-state index < -0.39 is 5.97 Å². The monoisotopic (exact) mass is 326 g/mol. The molecule has 128 valence electrons. The van der Waals surface area contributed by atoms with E-state index in [1.54, 1.807) is 12.1 Å². The van der Waals surface area contributed by atoms with Gasteiger partial charge in [0.2, 0.25) is 0 Å². The number of aromatic nitrogens is 1. The van der Waals surface area contributed by atoms with E-state index in [1.807, 2.05) is 18.2 Å². The molecule has 0 radical (unpaired) electrons. The zero-order valence-electron chi connectivity index (χ0n) is 14.6. The Morgan fingerprint density at radius 1 is 1.46 bits per heavy atom. The fraction of sp³-hybridized carbons (Fsp3) is 0.500. The van der Waals surface area contributed by atoms with Gasteiger partial charge in [-0.2, -0.15) is 5.26 Å². The first kappa shape index (κ1) is 18.1. The minimum absolute atomic E-state index is 0.254. The van der Waals surface area contributed by atoms with Crippen LogP contribution >= 0.6 is 0 Å². The maximum Gasteiger partial charge on any atom is 0.346 e. The molecule has 0 saturated heterocycles. The van der Waals surface area contributed by atoms with Crippen LogP contribution in [-0.2, 0) is 4.79 Å². The third-order valence-corrected chi connectivity index (χ3v) is 5.04. The largest absolute Gasteiger partial charge is 0.477 e. The highest BCUT2D eigenvalue weighted by Gasteiger charge is 2.32. The summed E-state index contributed by atoms with van der Waals surface area (Å²) < 4.78 is 2.32. The SMILES string of the molecule is CC1CCC(C(C)C)C(n2cccc2/C=C/C=C(\C#N)C(=O)O)C1. The number of hydrogen-bond acceptors (Lipinski definition) is 2. The van der Waals surface area contributed by atoms with E-state index in [9.17, 15) is 4.79 Å².